The van der Waals surface area contributed by atoms with Crippen LogP contribution in [-0.2, 0) is 5.41 Å². The molecular weight excluding hydrogens is 335 g/mol. The van der Waals surface area contributed by atoms with Crippen molar-refractivity contribution in [2.24, 2.45) is 0 Å². The molecule has 0 N–H and O–H groups in total. The van der Waals surface area contributed by atoms with Crippen molar-refractivity contribution < 1.29 is 13.2 Å². The summed E-state index contributed by atoms with van der Waals surface area (Å²) in [5.41, 5.74) is -0.314. The van der Waals surface area contributed by atoms with Crippen LogP contribution in [0.25, 0.3) is 0 Å². The van der Waals surface area contributed by atoms with Gasteiger partial charge in [0, 0.05) is 17.5 Å². The maximum Gasteiger partial charge on any atom is 0.405 e. The van der Waals surface area contributed by atoms with Crippen LogP contribution < -0.4 is 4.90 Å². The lowest BCUT2D eigenvalue weighted by molar-refractivity contribution is -0.120. The van der Waals surface area contributed by atoms with Gasteiger partial charge in [-0.15, -0.1) is 0 Å². The van der Waals surface area contributed by atoms with Crippen LogP contribution in [0.2, 0.25) is 0 Å². The first-order valence-electron chi connectivity index (χ1n) is 6.45. The Balaban J connectivity index is 2.36. The van der Waals surface area contributed by atoms with Crippen molar-refractivity contribution in [1.29, 1.82) is 0 Å². The summed E-state index contributed by atoms with van der Waals surface area (Å²) in [5.74, 6) is 0.881. The highest BCUT2D eigenvalue weighted by Crippen LogP contribution is 2.35. The first kappa shape index (κ1) is 15.5. The highest BCUT2D eigenvalue weighted by molar-refractivity contribution is 9.10. The lowest BCUT2D eigenvalue weighted by atomic mass is 9.96. The smallest absolute Gasteiger partial charge is 0.344 e. The van der Waals surface area contributed by atoms with Gasteiger partial charge in [-0.05, 0) is 28.8 Å². The quantitative estimate of drug-likeness (QED) is 0.768. The van der Waals surface area contributed by atoms with Gasteiger partial charge in [-0.3, -0.25) is 0 Å². The van der Waals surface area contributed by atoms with Gasteiger partial charge in [-0.1, -0.05) is 20.8 Å². The van der Waals surface area contributed by atoms with E-state index in [-0.39, 0.29) is 11.5 Å². The van der Waals surface area contributed by atoms with E-state index in [4.69, 9.17) is 0 Å². The molecule has 1 aliphatic carbocycles. The molecule has 20 heavy (non-hydrogen) atoms. The van der Waals surface area contributed by atoms with Gasteiger partial charge >= 0.3 is 6.18 Å². The van der Waals surface area contributed by atoms with Crippen LogP contribution in [0.1, 0.15) is 39.4 Å². The van der Waals surface area contributed by atoms with Gasteiger partial charge in [-0.25, -0.2) is 9.97 Å². The van der Waals surface area contributed by atoms with Crippen LogP contribution in [0.5, 0.6) is 0 Å². The number of aromatic nitrogens is 2. The SMILES string of the molecule is CC(C)(C)c1nc(Br)cc(N(CC(F)(F)F)C2CC2)n1. The Morgan fingerprint density at radius 1 is 1.25 bits per heavy atom. The Morgan fingerprint density at radius 3 is 2.30 bits per heavy atom. The standard InChI is InChI=1S/C13H17BrF3N3/c1-12(2,3)11-18-9(14)6-10(19-11)20(8-4-5-8)7-13(15,16)17/h6,8H,4-5,7H2,1-3H3. The van der Waals surface area contributed by atoms with E-state index < -0.39 is 12.7 Å². The fourth-order valence-corrected chi connectivity index (χ4v) is 2.24. The maximum atomic E-state index is 12.7. The van der Waals surface area contributed by atoms with Crippen molar-refractivity contribution in [3.05, 3.63) is 16.5 Å². The highest BCUT2D eigenvalue weighted by Gasteiger charge is 2.39. The van der Waals surface area contributed by atoms with Crippen molar-refractivity contribution in [3.63, 3.8) is 0 Å². The predicted octanol–water partition coefficient (Wildman–Crippen LogP) is 4.07. The molecule has 1 saturated carbocycles. The summed E-state index contributed by atoms with van der Waals surface area (Å²) in [6.07, 6.45) is -2.67. The van der Waals surface area contributed by atoms with E-state index in [1.807, 2.05) is 20.8 Å². The van der Waals surface area contributed by atoms with Crippen molar-refractivity contribution in [2.75, 3.05) is 11.4 Å². The molecule has 0 radical (unpaired) electrons. The molecule has 112 valence electrons. The third-order valence-corrected chi connectivity index (χ3v) is 3.39. The first-order chi connectivity index (χ1) is 9.06. The van der Waals surface area contributed by atoms with Gasteiger partial charge in [-0.2, -0.15) is 13.2 Å². The van der Waals surface area contributed by atoms with Crippen molar-refractivity contribution in [1.82, 2.24) is 9.97 Å². The summed E-state index contributed by atoms with van der Waals surface area (Å²) in [4.78, 5) is 9.93. The summed E-state index contributed by atoms with van der Waals surface area (Å²) in [5, 5.41) is 0. The second-order valence-electron chi connectivity index (χ2n) is 6.10. The fourth-order valence-electron chi connectivity index (χ4n) is 1.86. The van der Waals surface area contributed by atoms with Crippen LogP contribution in [-0.4, -0.2) is 28.7 Å². The van der Waals surface area contributed by atoms with Gasteiger partial charge < -0.3 is 4.90 Å². The number of alkyl halides is 3. The summed E-state index contributed by atoms with van der Waals surface area (Å²) in [6.45, 7) is 4.84. The lowest BCUT2D eigenvalue weighted by Crippen LogP contribution is -2.37. The van der Waals surface area contributed by atoms with E-state index in [0.29, 0.717) is 16.2 Å². The minimum absolute atomic E-state index is 0.0637. The van der Waals surface area contributed by atoms with Crippen LogP contribution in [0.4, 0.5) is 19.0 Å². The molecule has 0 saturated heterocycles. The van der Waals surface area contributed by atoms with Gasteiger partial charge in [0.2, 0.25) is 0 Å². The molecule has 0 aromatic carbocycles. The fraction of sp³-hybridized carbons (Fsp3) is 0.692. The summed E-state index contributed by atoms with van der Waals surface area (Å²) in [7, 11) is 0. The van der Waals surface area contributed by atoms with Crippen molar-refractivity contribution >= 4 is 21.7 Å². The minimum Gasteiger partial charge on any atom is -0.344 e. The number of nitrogens with zero attached hydrogens (tertiary/aromatic N) is 3. The van der Waals surface area contributed by atoms with Crippen LogP contribution in [0, 0.1) is 0 Å². The Bertz CT molecular complexity index is 493. The molecule has 0 amide bonds. The molecule has 0 aliphatic heterocycles. The van der Waals surface area contributed by atoms with Gasteiger partial charge in [0.05, 0.1) is 0 Å². The van der Waals surface area contributed by atoms with Crippen molar-refractivity contribution in [3.8, 4) is 0 Å². The Hall–Kier alpha value is -0.850. The average molecular weight is 352 g/mol. The number of halogens is 4. The van der Waals surface area contributed by atoms with Crippen molar-refractivity contribution in [2.45, 2.75) is 51.2 Å². The van der Waals surface area contributed by atoms with E-state index in [9.17, 15) is 13.2 Å². The van der Waals surface area contributed by atoms with Gasteiger partial charge in [0.15, 0.2) is 0 Å². The highest BCUT2D eigenvalue weighted by atomic mass is 79.9. The summed E-state index contributed by atoms with van der Waals surface area (Å²) >= 11 is 3.26. The zero-order chi connectivity index (χ0) is 15.1. The minimum atomic E-state index is -4.23. The number of anilines is 1. The first-order valence-corrected chi connectivity index (χ1v) is 7.24. The van der Waals surface area contributed by atoms with Gasteiger partial charge in [0.1, 0.15) is 22.8 Å². The number of hydrogen-bond acceptors (Lipinski definition) is 3. The third kappa shape index (κ3) is 4.07. The Morgan fingerprint density at radius 2 is 1.85 bits per heavy atom. The molecule has 3 nitrogen and oxygen atoms in total. The third-order valence-electron chi connectivity index (χ3n) is 2.98. The molecule has 0 unspecified atom stereocenters. The average Bonchev–Trinajstić information content (AvgIpc) is 3.06. The number of hydrogen-bond donors (Lipinski definition) is 0. The Labute approximate surface area is 124 Å². The van der Waals surface area contributed by atoms with E-state index in [1.165, 1.54) is 4.90 Å². The van der Waals surface area contributed by atoms with E-state index in [0.717, 1.165) is 12.8 Å². The molecule has 0 bridgehead atoms. The molecule has 1 heterocycles. The topological polar surface area (TPSA) is 29.0 Å². The predicted molar refractivity (Wildman–Crippen MR) is 74.9 cm³/mol. The van der Waals surface area contributed by atoms with E-state index in [1.54, 1.807) is 6.07 Å². The normalized spacial score (nSPS) is 16.4. The van der Waals surface area contributed by atoms with Crippen LogP contribution >= 0.6 is 15.9 Å². The molecule has 1 aliphatic rings. The zero-order valence-corrected chi connectivity index (χ0v) is 13.2. The monoisotopic (exact) mass is 351 g/mol. The van der Waals surface area contributed by atoms with E-state index >= 15 is 0 Å². The molecule has 1 fully saturated rings. The Kier molecular flexibility index (Phi) is 4.01. The summed E-state index contributed by atoms with van der Waals surface area (Å²) in [6, 6.07) is 1.49. The lowest BCUT2D eigenvalue weighted by Gasteiger charge is -2.26. The molecule has 1 aromatic heterocycles. The number of rotatable bonds is 3. The molecule has 2 rings (SSSR count). The van der Waals surface area contributed by atoms with Gasteiger partial charge in [0.25, 0.3) is 0 Å². The molecule has 1 aromatic rings. The largest absolute Gasteiger partial charge is 0.405 e. The maximum absolute atomic E-state index is 12.7. The summed E-state index contributed by atoms with van der Waals surface area (Å²) < 4.78 is 38.7. The van der Waals surface area contributed by atoms with Crippen LogP contribution in [0.15, 0.2) is 10.7 Å². The second-order valence-corrected chi connectivity index (χ2v) is 6.91. The zero-order valence-electron chi connectivity index (χ0n) is 11.6. The molecular formula is C13H17BrF3N3. The molecule has 0 atom stereocenters. The van der Waals surface area contributed by atoms with Crippen LogP contribution in [0.3, 0.4) is 0 Å². The molecule has 7 heteroatoms. The van der Waals surface area contributed by atoms with E-state index in [2.05, 4.69) is 25.9 Å². The second kappa shape index (κ2) is 5.16. The molecule has 0 spiro atoms.